The molecule has 0 spiro atoms. The van der Waals surface area contributed by atoms with Crippen molar-refractivity contribution in [3.05, 3.63) is 48.3 Å². The molecule has 0 aliphatic heterocycles. The van der Waals surface area contributed by atoms with Crippen LogP contribution in [0.4, 0.5) is 0 Å². The van der Waals surface area contributed by atoms with Crippen LogP contribution in [0.25, 0.3) is 11.0 Å². The molecule has 0 bridgehead atoms. The first-order valence-electron chi connectivity index (χ1n) is 7.17. The maximum Gasteiger partial charge on any atom is 0.197 e. The van der Waals surface area contributed by atoms with E-state index >= 15 is 0 Å². The second-order valence-corrected chi connectivity index (χ2v) is 6.25. The Balaban J connectivity index is 1.76. The number of fused-ring (bicyclic) bond motifs is 1. The van der Waals surface area contributed by atoms with E-state index in [1.807, 2.05) is 36.4 Å². The van der Waals surface area contributed by atoms with Crippen molar-refractivity contribution in [1.82, 2.24) is 15.0 Å². The summed E-state index contributed by atoms with van der Waals surface area (Å²) < 4.78 is 18.0. The SMILES string of the molecule is CCCOc1ccnc(CS(=O)c2nc3ccccc3[nH]2)c1. The number of H-pyrrole nitrogens is 1. The van der Waals surface area contributed by atoms with Gasteiger partial charge in [0.15, 0.2) is 5.16 Å². The molecule has 5 nitrogen and oxygen atoms in total. The molecular weight excluding hydrogens is 298 g/mol. The van der Waals surface area contributed by atoms with E-state index in [1.165, 1.54) is 0 Å². The van der Waals surface area contributed by atoms with Crippen LogP contribution in [-0.4, -0.2) is 25.8 Å². The number of aromatic amines is 1. The molecule has 3 rings (SSSR count). The molecule has 0 amide bonds. The third-order valence-electron chi connectivity index (χ3n) is 3.12. The molecule has 1 unspecified atom stereocenters. The number of imidazole rings is 1. The van der Waals surface area contributed by atoms with E-state index < -0.39 is 10.8 Å². The average Bonchev–Trinajstić information content (AvgIpc) is 2.97. The van der Waals surface area contributed by atoms with Gasteiger partial charge in [-0.1, -0.05) is 19.1 Å². The molecule has 0 aliphatic rings. The van der Waals surface area contributed by atoms with E-state index in [9.17, 15) is 4.21 Å². The van der Waals surface area contributed by atoms with Gasteiger partial charge in [-0.05, 0) is 24.6 Å². The highest BCUT2D eigenvalue weighted by Gasteiger charge is 2.11. The van der Waals surface area contributed by atoms with Gasteiger partial charge in [-0.3, -0.25) is 9.19 Å². The van der Waals surface area contributed by atoms with Crippen LogP contribution in [0, 0.1) is 0 Å². The summed E-state index contributed by atoms with van der Waals surface area (Å²) in [4.78, 5) is 11.7. The Kier molecular flexibility index (Phi) is 4.48. The van der Waals surface area contributed by atoms with Crippen molar-refractivity contribution in [1.29, 1.82) is 0 Å². The molecular formula is C16H17N3O2S. The predicted octanol–water partition coefficient (Wildman–Crippen LogP) is 3.05. The second-order valence-electron chi connectivity index (χ2n) is 4.88. The zero-order valence-corrected chi connectivity index (χ0v) is 13.1. The van der Waals surface area contributed by atoms with E-state index in [1.54, 1.807) is 6.20 Å². The molecule has 6 heteroatoms. The molecule has 0 saturated carbocycles. The van der Waals surface area contributed by atoms with Crippen molar-refractivity contribution in [3.63, 3.8) is 0 Å². The van der Waals surface area contributed by atoms with Crippen LogP contribution in [0.15, 0.2) is 47.8 Å². The smallest absolute Gasteiger partial charge is 0.197 e. The normalized spacial score (nSPS) is 12.4. The van der Waals surface area contributed by atoms with E-state index in [4.69, 9.17) is 4.74 Å². The van der Waals surface area contributed by atoms with Crippen molar-refractivity contribution < 1.29 is 8.95 Å². The van der Waals surface area contributed by atoms with E-state index in [0.29, 0.717) is 17.5 Å². The fourth-order valence-electron chi connectivity index (χ4n) is 2.08. The number of hydrogen-bond donors (Lipinski definition) is 1. The van der Waals surface area contributed by atoms with Crippen molar-refractivity contribution in [2.45, 2.75) is 24.3 Å². The highest BCUT2D eigenvalue weighted by molar-refractivity contribution is 7.84. The highest BCUT2D eigenvalue weighted by Crippen LogP contribution is 2.17. The van der Waals surface area contributed by atoms with Gasteiger partial charge in [0.05, 0.1) is 39.9 Å². The zero-order chi connectivity index (χ0) is 15.4. The minimum absolute atomic E-state index is 0.309. The van der Waals surface area contributed by atoms with Gasteiger partial charge in [0.1, 0.15) is 5.75 Å². The molecule has 3 aromatic rings. The number of nitrogens with zero attached hydrogens (tertiary/aromatic N) is 2. The van der Waals surface area contributed by atoms with Crippen molar-refractivity contribution in [2.24, 2.45) is 0 Å². The largest absolute Gasteiger partial charge is 0.493 e. The summed E-state index contributed by atoms with van der Waals surface area (Å²) in [6, 6.07) is 11.3. The third-order valence-corrected chi connectivity index (χ3v) is 4.31. The van der Waals surface area contributed by atoms with Gasteiger partial charge in [-0.25, -0.2) is 4.98 Å². The lowest BCUT2D eigenvalue weighted by Gasteiger charge is -2.05. The summed E-state index contributed by atoms with van der Waals surface area (Å²) in [5.74, 6) is 1.07. The van der Waals surface area contributed by atoms with Crippen LogP contribution in [0.3, 0.4) is 0 Å². The molecule has 2 aromatic heterocycles. The summed E-state index contributed by atoms with van der Waals surface area (Å²) in [6.07, 6.45) is 2.62. The number of para-hydroxylation sites is 2. The topological polar surface area (TPSA) is 67.9 Å². The number of ether oxygens (including phenoxy) is 1. The lowest BCUT2D eigenvalue weighted by molar-refractivity contribution is 0.317. The Morgan fingerprint density at radius 3 is 2.95 bits per heavy atom. The van der Waals surface area contributed by atoms with Crippen LogP contribution < -0.4 is 4.74 Å². The average molecular weight is 315 g/mol. The Morgan fingerprint density at radius 1 is 1.27 bits per heavy atom. The summed E-state index contributed by atoms with van der Waals surface area (Å²) in [5, 5.41) is 0.475. The molecule has 0 saturated heterocycles. The molecule has 1 atom stereocenters. The van der Waals surface area contributed by atoms with Crippen LogP contribution in [-0.2, 0) is 16.6 Å². The molecule has 0 radical (unpaired) electrons. The monoisotopic (exact) mass is 315 g/mol. The Hall–Kier alpha value is -2.21. The minimum atomic E-state index is -1.27. The molecule has 0 fully saturated rings. The van der Waals surface area contributed by atoms with E-state index in [-0.39, 0.29) is 0 Å². The zero-order valence-electron chi connectivity index (χ0n) is 12.3. The summed E-state index contributed by atoms with van der Waals surface area (Å²) in [6.45, 7) is 2.72. The number of rotatable bonds is 6. The molecule has 114 valence electrons. The minimum Gasteiger partial charge on any atom is -0.493 e. The molecule has 22 heavy (non-hydrogen) atoms. The first-order valence-corrected chi connectivity index (χ1v) is 8.49. The molecule has 0 aliphatic carbocycles. The number of hydrogen-bond acceptors (Lipinski definition) is 4. The lowest BCUT2D eigenvalue weighted by Crippen LogP contribution is -2.02. The fraction of sp³-hybridized carbons (Fsp3) is 0.250. The van der Waals surface area contributed by atoms with Gasteiger partial charge in [-0.15, -0.1) is 0 Å². The molecule has 1 N–H and O–H groups in total. The summed E-state index contributed by atoms with van der Waals surface area (Å²) >= 11 is 0. The van der Waals surface area contributed by atoms with Gasteiger partial charge in [-0.2, -0.15) is 0 Å². The van der Waals surface area contributed by atoms with Crippen molar-refractivity contribution >= 4 is 21.8 Å². The molecule has 1 aromatic carbocycles. The van der Waals surface area contributed by atoms with E-state index in [0.717, 1.165) is 28.9 Å². The Bertz CT molecular complexity index is 768. The quantitative estimate of drug-likeness (QED) is 0.759. The first kappa shape index (κ1) is 14.7. The van der Waals surface area contributed by atoms with Crippen LogP contribution in [0.5, 0.6) is 5.75 Å². The number of pyridine rings is 1. The Labute approximate surface area is 131 Å². The maximum atomic E-state index is 12.4. The van der Waals surface area contributed by atoms with Gasteiger partial charge in [0.25, 0.3) is 0 Å². The first-order chi connectivity index (χ1) is 10.8. The van der Waals surface area contributed by atoms with Crippen LogP contribution in [0.2, 0.25) is 0 Å². The van der Waals surface area contributed by atoms with Crippen LogP contribution in [0.1, 0.15) is 19.0 Å². The standard InChI is InChI=1S/C16H17N3O2S/c1-2-9-21-13-7-8-17-12(10-13)11-22(20)16-18-14-5-3-4-6-15(14)19-16/h3-8,10H,2,9,11H2,1H3,(H,18,19). The summed E-state index contributed by atoms with van der Waals surface area (Å²) in [7, 11) is -1.27. The van der Waals surface area contributed by atoms with Gasteiger partial charge in [0, 0.05) is 12.3 Å². The number of benzene rings is 1. The van der Waals surface area contributed by atoms with Gasteiger partial charge < -0.3 is 9.72 Å². The predicted molar refractivity (Wildman–Crippen MR) is 86.2 cm³/mol. The lowest BCUT2D eigenvalue weighted by atomic mass is 10.3. The van der Waals surface area contributed by atoms with Crippen molar-refractivity contribution in [2.75, 3.05) is 6.61 Å². The van der Waals surface area contributed by atoms with Gasteiger partial charge in [0.2, 0.25) is 0 Å². The van der Waals surface area contributed by atoms with Crippen LogP contribution >= 0.6 is 0 Å². The third kappa shape index (κ3) is 3.33. The fourth-order valence-corrected chi connectivity index (χ4v) is 3.07. The second kappa shape index (κ2) is 6.70. The summed E-state index contributed by atoms with van der Waals surface area (Å²) in [5.41, 5.74) is 2.44. The number of nitrogens with one attached hydrogen (secondary N) is 1. The van der Waals surface area contributed by atoms with Crippen molar-refractivity contribution in [3.8, 4) is 5.75 Å². The van der Waals surface area contributed by atoms with Gasteiger partial charge >= 0.3 is 0 Å². The molecule has 2 heterocycles. The maximum absolute atomic E-state index is 12.4. The van der Waals surface area contributed by atoms with E-state index in [2.05, 4.69) is 21.9 Å². The highest BCUT2D eigenvalue weighted by atomic mass is 32.2. The Morgan fingerprint density at radius 2 is 2.14 bits per heavy atom. The number of aromatic nitrogens is 3.